The minimum atomic E-state index is -0.0710. The third-order valence-corrected chi connectivity index (χ3v) is 6.05. The summed E-state index contributed by atoms with van der Waals surface area (Å²) in [6, 6.07) is 12.1. The number of pyridine rings is 1. The lowest BCUT2D eigenvalue weighted by molar-refractivity contribution is 0.0513. The fraction of sp³-hybridized carbons (Fsp3) is 0.409. The first-order valence-electron chi connectivity index (χ1n) is 10.5. The molecule has 0 saturated carbocycles. The van der Waals surface area contributed by atoms with Crippen LogP contribution >= 0.6 is 0 Å². The summed E-state index contributed by atoms with van der Waals surface area (Å²) in [6.07, 6.45) is 3.80. The van der Waals surface area contributed by atoms with E-state index < -0.39 is 0 Å². The fourth-order valence-corrected chi connectivity index (χ4v) is 4.20. The van der Waals surface area contributed by atoms with E-state index >= 15 is 0 Å². The third-order valence-electron chi connectivity index (χ3n) is 6.05. The van der Waals surface area contributed by atoms with Gasteiger partial charge in [0.1, 0.15) is 0 Å². The van der Waals surface area contributed by atoms with Crippen molar-refractivity contribution in [1.29, 1.82) is 0 Å². The summed E-state index contributed by atoms with van der Waals surface area (Å²) >= 11 is 0. The Morgan fingerprint density at radius 3 is 2.84 bits per heavy atom. The summed E-state index contributed by atoms with van der Waals surface area (Å²) in [5.41, 5.74) is 1.98. The lowest BCUT2D eigenvalue weighted by Gasteiger charge is -2.38. The molecule has 1 fully saturated rings. The molecule has 9 heteroatoms. The number of nitrogens with zero attached hydrogens (tertiary/aromatic N) is 4. The average molecular weight is 422 g/mol. The van der Waals surface area contributed by atoms with Gasteiger partial charge < -0.3 is 24.8 Å². The zero-order valence-electron chi connectivity index (χ0n) is 17.5. The van der Waals surface area contributed by atoms with Gasteiger partial charge >= 0.3 is 0 Å². The topological polar surface area (TPSA) is 94.3 Å². The molecule has 162 valence electrons. The molecule has 3 aromatic rings. The molecule has 0 aliphatic carbocycles. The largest absolute Gasteiger partial charge is 0.454 e. The Bertz CT molecular complexity index is 1090. The number of aliphatic imine (C=N–C) groups is 1. The standard InChI is InChI=1S/C22H26N6O3/c1-23-21(24-13-20-27-26-19-4-2-3-9-28(19)20)25-14-22(7-10-29-11-8-22)16-5-6-17-18(12-16)31-15-30-17/h2-6,9,12H,7-8,10-11,13-15H2,1H3,(H2,23,24,25). The van der Waals surface area contributed by atoms with Crippen molar-refractivity contribution in [3.8, 4) is 11.5 Å². The van der Waals surface area contributed by atoms with Crippen LogP contribution in [0.4, 0.5) is 0 Å². The van der Waals surface area contributed by atoms with Crippen molar-refractivity contribution in [1.82, 2.24) is 25.2 Å². The van der Waals surface area contributed by atoms with Crippen molar-refractivity contribution in [2.24, 2.45) is 4.99 Å². The minimum Gasteiger partial charge on any atom is -0.454 e. The molecule has 0 amide bonds. The SMILES string of the molecule is CN=C(NCc1nnc2ccccn12)NCC1(c2ccc3c(c2)OCO3)CCOCC1. The normalized spacial score (nSPS) is 17.6. The van der Waals surface area contributed by atoms with E-state index in [2.05, 4.69) is 38.0 Å². The van der Waals surface area contributed by atoms with Crippen LogP contribution in [-0.2, 0) is 16.7 Å². The second-order valence-electron chi connectivity index (χ2n) is 7.79. The lowest BCUT2D eigenvalue weighted by atomic mass is 9.74. The highest BCUT2D eigenvalue weighted by atomic mass is 16.7. The minimum absolute atomic E-state index is 0.0710. The highest BCUT2D eigenvalue weighted by Gasteiger charge is 2.35. The molecule has 0 unspecified atom stereocenters. The second kappa shape index (κ2) is 8.43. The monoisotopic (exact) mass is 422 g/mol. The third kappa shape index (κ3) is 3.88. The van der Waals surface area contributed by atoms with Gasteiger partial charge in [-0.05, 0) is 42.7 Å². The summed E-state index contributed by atoms with van der Waals surface area (Å²) in [5, 5.41) is 15.3. The molecule has 2 aromatic heterocycles. The van der Waals surface area contributed by atoms with Crippen molar-refractivity contribution in [2.75, 3.05) is 33.6 Å². The lowest BCUT2D eigenvalue weighted by Crippen LogP contribution is -2.48. The van der Waals surface area contributed by atoms with E-state index in [0.29, 0.717) is 6.54 Å². The zero-order valence-corrected chi connectivity index (χ0v) is 17.5. The fourth-order valence-electron chi connectivity index (χ4n) is 4.20. The number of ether oxygens (including phenoxy) is 3. The van der Waals surface area contributed by atoms with E-state index in [1.165, 1.54) is 5.56 Å². The molecule has 31 heavy (non-hydrogen) atoms. The van der Waals surface area contributed by atoms with Crippen LogP contribution in [-0.4, -0.2) is 54.2 Å². The Morgan fingerprint density at radius 1 is 1.10 bits per heavy atom. The quantitative estimate of drug-likeness (QED) is 0.479. The number of hydrogen-bond donors (Lipinski definition) is 2. The summed E-state index contributed by atoms with van der Waals surface area (Å²) in [5.74, 6) is 3.16. The number of nitrogens with one attached hydrogen (secondary N) is 2. The van der Waals surface area contributed by atoms with E-state index in [9.17, 15) is 0 Å². The number of guanidine groups is 1. The number of benzene rings is 1. The zero-order chi connectivity index (χ0) is 21.1. The van der Waals surface area contributed by atoms with Crippen molar-refractivity contribution < 1.29 is 14.2 Å². The molecule has 9 nitrogen and oxygen atoms in total. The van der Waals surface area contributed by atoms with E-state index in [0.717, 1.165) is 61.5 Å². The molecule has 1 saturated heterocycles. The first kappa shape index (κ1) is 19.6. The number of fused-ring (bicyclic) bond motifs is 2. The van der Waals surface area contributed by atoms with Gasteiger partial charge in [-0.3, -0.25) is 9.39 Å². The van der Waals surface area contributed by atoms with Gasteiger partial charge in [0.05, 0.1) is 6.54 Å². The predicted molar refractivity (Wildman–Crippen MR) is 115 cm³/mol. The predicted octanol–water partition coefficient (Wildman–Crippen LogP) is 1.87. The van der Waals surface area contributed by atoms with Crippen molar-refractivity contribution >= 4 is 11.6 Å². The maximum Gasteiger partial charge on any atom is 0.231 e. The molecular formula is C22H26N6O3. The molecule has 5 rings (SSSR count). The Labute approximate surface area is 180 Å². The van der Waals surface area contributed by atoms with Crippen LogP contribution in [0.15, 0.2) is 47.6 Å². The molecule has 2 aliphatic rings. The molecule has 2 N–H and O–H groups in total. The van der Waals surface area contributed by atoms with Gasteiger partial charge in [-0.1, -0.05) is 12.1 Å². The molecular weight excluding hydrogens is 396 g/mol. The van der Waals surface area contributed by atoms with E-state index in [1.54, 1.807) is 7.05 Å². The Hall–Kier alpha value is -3.33. The molecule has 0 spiro atoms. The Kier molecular flexibility index (Phi) is 5.33. The molecule has 2 aliphatic heterocycles. The van der Waals surface area contributed by atoms with Gasteiger partial charge in [0, 0.05) is 38.4 Å². The van der Waals surface area contributed by atoms with Crippen LogP contribution < -0.4 is 20.1 Å². The van der Waals surface area contributed by atoms with E-state index in [1.807, 2.05) is 34.9 Å². The van der Waals surface area contributed by atoms with Gasteiger partial charge in [-0.15, -0.1) is 10.2 Å². The highest BCUT2D eigenvalue weighted by molar-refractivity contribution is 5.79. The maximum absolute atomic E-state index is 5.66. The Balaban J connectivity index is 1.29. The molecule has 0 radical (unpaired) electrons. The Morgan fingerprint density at radius 2 is 1.97 bits per heavy atom. The smallest absolute Gasteiger partial charge is 0.231 e. The number of aromatic nitrogens is 3. The van der Waals surface area contributed by atoms with Gasteiger partial charge in [0.2, 0.25) is 6.79 Å². The number of hydrogen-bond acceptors (Lipinski definition) is 6. The van der Waals surface area contributed by atoms with Crippen LogP contribution in [0.2, 0.25) is 0 Å². The van der Waals surface area contributed by atoms with Crippen molar-refractivity contribution in [3.63, 3.8) is 0 Å². The maximum atomic E-state index is 5.66. The summed E-state index contributed by atoms with van der Waals surface area (Å²) in [7, 11) is 1.77. The average Bonchev–Trinajstić information content (AvgIpc) is 3.46. The number of rotatable bonds is 5. The van der Waals surface area contributed by atoms with Crippen LogP contribution in [0.5, 0.6) is 11.5 Å². The summed E-state index contributed by atoms with van der Waals surface area (Å²) in [4.78, 5) is 4.40. The summed E-state index contributed by atoms with van der Waals surface area (Å²) < 4.78 is 18.7. The molecule has 1 aromatic carbocycles. The molecule has 0 atom stereocenters. The first-order valence-corrected chi connectivity index (χ1v) is 10.5. The van der Waals surface area contributed by atoms with Crippen LogP contribution in [0.1, 0.15) is 24.2 Å². The molecule has 0 bridgehead atoms. The van der Waals surface area contributed by atoms with Crippen molar-refractivity contribution in [2.45, 2.75) is 24.8 Å². The van der Waals surface area contributed by atoms with Gasteiger partial charge in [-0.25, -0.2) is 0 Å². The first-order chi connectivity index (χ1) is 15.3. The molecule has 4 heterocycles. The van der Waals surface area contributed by atoms with Crippen LogP contribution in [0, 0.1) is 0 Å². The van der Waals surface area contributed by atoms with E-state index in [-0.39, 0.29) is 12.2 Å². The second-order valence-corrected chi connectivity index (χ2v) is 7.79. The highest BCUT2D eigenvalue weighted by Crippen LogP contribution is 2.40. The van der Waals surface area contributed by atoms with Gasteiger partial charge in [-0.2, -0.15) is 0 Å². The van der Waals surface area contributed by atoms with Crippen LogP contribution in [0.25, 0.3) is 5.65 Å². The van der Waals surface area contributed by atoms with Crippen molar-refractivity contribution in [3.05, 3.63) is 54.0 Å². The van der Waals surface area contributed by atoms with Gasteiger partial charge in [0.15, 0.2) is 28.9 Å². The van der Waals surface area contributed by atoms with Gasteiger partial charge in [0.25, 0.3) is 0 Å². The van der Waals surface area contributed by atoms with Crippen LogP contribution in [0.3, 0.4) is 0 Å². The summed E-state index contributed by atoms with van der Waals surface area (Å²) in [6.45, 7) is 2.99. The van der Waals surface area contributed by atoms with E-state index in [4.69, 9.17) is 14.2 Å².